The molecule has 0 aliphatic rings. The number of hydrogen-bond acceptors (Lipinski definition) is 3. The molecule has 1 heterocycles. The van der Waals surface area contributed by atoms with Gasteiger partial charge in [-0.15, -0.1) is 11.3 Å². The molecule has 0 amide bonds. The number of hydrogen-bond donors (Lipinski definition) is 1. The van der Waals surface area contributed by atoms with Gasteiger partial charge in [0.05, 0.1) is 5.69 Å². The van der Waals surface area contributed by atoms with Crippen molar-refractivity contribution in [3.63, 3.8) is 0 Å². The molecule has 2 aromatic rings. The molecular weight excluding hydrogens is 237 g/mol. The normalized spacial score (nSPS) is 11.4. The molecule has 2 rings (SSSR count). The first-order chi connectivity index (χ1) is 7.54. The van der Waals surface area contributed by atoms with Gasteiger partial charge in [0.2, 0.25) is 0 Å². The largest absolute Gasteiger partial charge is 0.484 e. The molecule has 0 unspecified atom stereocenters. The van der Waals surface area contributed by atoms with Gasteiger partial charge in [-0.1, -0.05) is 30.3 Å². The van der Waals surface area contributed by atoms with Crippen LogP contribution in [-0.4, -0.2) is 11.3 Å². The zero-order valence-electron chi connectivity index (χ0n) is 7.95. The fraction of sp³-hybridized carbons (Fsp3) is 0.100. The minimum absolute atomic E-state index is 0.147. The smallest absolute Gasteiger partial charge is 0.273 e. The van der Waals surface area contributed by atoms with Gasteiger partial charge >= 0.3 is 6.30 Å². The molecule has 1 aromatic heterocycles. The molecule has 0 aliphatic carbocycles. The molecule has 0 saturated heterocycles. The Morgan fingerprint density at radius 3 is 2.44 bits per heavy atom. The van der Waals surface area contributed by atoms with Crippen molar-refractivity contribution in [3.05, 3.63) is 35.7 Å². The van der Waals surface area contributed by atoms with Crippen LogP contribution in [0.3, 0.4) is 0 Å². The molecule has 0 atom stereocenters. The second-order valence-electron chi connectivity index (χ2n) is 3.03. The lowest BCUT2D eigenvalue weighted by molar-refractivity contribution is -0.0999. The minimum Gasteiger partial charge on any atom is -0.273 e. The van der Waals surface area contributed by atoms with Gasteiger partial charge in [-0.25, -0.2) is 4.98 Å². The first-order valence-corrected chi connectivity index (χ1v) is 5.28. The fourth-order valence-corrected chi connectivity index (χ4v) is 1.93. The van der Waals surface area contributed by atoms with Gasteiger partial charge in [0, 0.05) is 10.9 Å². The fourth-order valence-electron chi connectivity index (χ4n) is 1.19. The highest BCUT2D eigenvalue weighted by atomic mass is 32.1. The Morgan fingerprint density at radius 1 is 1.12 bits per heavy atom. The van der Waals surface area contributed by atoms with Crippen LogP contribution in [0.4, 0.5) is 18.3 Å². The van der Waals surface area contributed by atoms with Crippen molar-refractivity contribution in [2.75, 3.05) is 5.32 Å². The van der Waals surface area contributed by atoms with Crippen LogP contribution in [0.15, 0.2) is 35.7 Å². The van der Waals surface area contributed by atoms with Gasteiger partial charge in [0.1, 0.15) is 0 Å². The van der Waals surface area contributed by atoms with Crippen molar-refractivity contribution in [1.29, 1.82) is 0 Å². The second kappa shape index (κ2) is 4.13. The van der Waals surface area contributed by atoms with Crippen molar-refractivity contribution in [1.82, 2.24) is 4.98 Å². The third-order valence-corrected chi connectivity index (χ3v) is 2.58. The molecule has 0 aliphatic heterocycles. The lowest BCUT2D eigenvalue weighted by Crippen LogP contribution is -2.20. The first kappa shape index (κ1) is 10.9. The van der Waals surface area contributed by atoms with Crippen molar-refractivity contribution >= 4 is 16.5 Å². The van der Waals surface area contributed by atoms with E-state index >= 15 is 0 Å². The van der Waals surface area contributed by atoms with Crippen LogP contribution in [0.2, 0.25) is 0 Å². The van der Waals surface area contributed by atoms with Gasteiger partial charge in [0.15, 0.2) is 5.13 Å². The molecule has 16 heavy (non-hydrogen) atoms. The van der Waals surface area contributed by atoms with Crippen LogP contribution in [0.25, 0.3) is 11.3 Å². The second-order valence-corrected chi connectivity index (χ2v) is 3.88. The lowest BCUT2D eigenvalue weighted by Gasteiger charge is -2.05. The monoisotopic (exact) mass is 244 g/mol. The van der Waals surface area contributed by atoms with E-state index in [4.69, 9.17) is 0 Å². The molecule has 84 valence electrons. The summed E-state index contributed by atoms with van der Waals surface area (Å²) in [6.07, 6.45) is -4.44. The van der Waals surface area contributed by atoms with Crippen molar-refractivity contribution in [2.45, 2.75) is 6.30 Å². The molecule has 0 saturated carbocycles. The summed E-state index contributed by atoms with van der Waals surface area (Å²) in [7, 11) is 0. The van der Waals surface area contributed by atoms with E-state index in [2.05, 4.69) is 4.98 Å². The average molecular weight is 244 g/mol. The van der Waals surface area contributed by atoms with Gasteiger partial charge in [-0.3, -0.25) is 5.32 Å². The van der Waals surface area contributed by atoms with E-state index in [1.807, 2.05) is 18.2 Å². The standard InChI is InChI=1S/C10H7F3N2S/c11-10(12,13)15-9-14-8(6-16-9)7-4-2-1-3-5-7/h1-6H,(H,14,15). The quantitative estimate of drug-likeness (QED) is 0.814. The Kier molecular flexibility index (Phi) is 2.82. The molecule has 6 heteroatoms. The number of thiazole rings is 1. The summed E-state index contributed by atoms with van der Waals surface area (Å²) < 4.78 is 36.0. The van der Waals surface area contributed by atoms with E-state index in [0.717, 1.165) is 16.9 Å². The van der Waals surface area contributed by atoms with E-state index in [1.54, 1.807) is 17.5 Å². The molecular formula is C10H7F3N2S. The molecule has 1 aromatic carbocycles. The van der Waals surface area contributed by atoms with Crippen LogP contribution in [0.5, 0.6) is 0 Å². The first-order valence-electron chi connectivity index (χ1n) is 4.40. The summed E-state index contributed by atoms with van der Waals surface area (Å²) in [5.41, 5.74) is 1.34. The Morgan fingerprint density at radius 2 is 1.81 bits per heavy atom. The van der Waals surface area contributed by atoms with Crippen molar-refractivity contribution < 1.29 is 13.2 Å². The summed E-state index contributed by atoms with van der Waals surface area (Å²) in [5.74, 6) is 0. The van der Waals surface area contributed by atoms with Crippen LogP contribution < -0.4 is 5.32 Å². The molecule has 0 spiro atoms. The van der Waals surface area contributed by atoms with Crippen molar-refractivity contribution in [2.24, 2.45) is 0 Å². The summed E-state index contributed by atoms with van der Waals surface area (Å²) in [6.45, 7) is 0. The number of aromatic nitrogens is 1. The summed E-state index contributed by atoms with van der Waals surface area (Å²) >= 11 is 0.929. The van der Waals surface area contributed by atoms with Gasteiger partial charge in [-0.2, -0.15) is 13.2 Å². The summed E-state index contributed by atoms with van der Waals surface area (Å²) in [4.78, 5) is 3.85. The summed E-state index contributed by atoms with van der Waals surface area (Å²) in [6, 6.07) is 9.06. The zero-order chi connectivity index (χ0) is 11.6. The Bertz CT molecular complexity index is 464. The molecule has 0 radical (unpaired) electrons. The number of anilines is 1. The number of alkyl halides is 3. The third kappa shape index (κ3) is 2.73. The highest BCUT2D eigenvalue weighted by molar-refractivity contribution is 7.14. The predicted molar refractivity (Wildman–Crippen MR) is 57.2 cm³/mol. The Hall–Kier alpha value is -1.56. The predicted octanol–water partition coefficient (Wildman–Crippen LogP) is 3.74. The molecule has 1 N–H and O–H groups in total. The van der Waals surface area contributed by atoms with E-state index in [1.165, 1.54) is 5.32 Å². The maximum absolute atomic E-state index is 12.0. The number of benzene rings is 1. The van der Waals surface area contributed by atoms with Crippen LogP contribution in [-0.2, 0) is 0 Å². The number of halogens is 3. The van der Waals surface area contributed by atoms with E-state index < -0.39 is 6.30 Å². The number of nitrogens with one attached hydrogen (secondary N) is 1. The highest BCUT2D eigenvalue weighted by Crippen LogP contribution is 2.27. The van der Waals surface area contributed by atoms with Crippen LogP contribution >= 0.6 is 11.3 Å². The topological polar surface area (TPSA) is 24.9 Å². The third-order valence-electron chi connectivity index (χ3n) is 1.82. The van der Waals surface area contributed by atoms with E-state index in [9.17, 15) is 13.2 Å². The van der Waals surface area contributed by atoms with E-state index in [-0.39, 0.29) is 5.13 Å². The number of rotatable bonds is 2. The van der Waals surface area contributed by atoms with Gasteiger partial charge in [0.25, 0.3) is 0 Å². The van der Waals surface area contributed by atoms with Gasteiger partial charge in [-0.05, 0) is 0 Å². The summed E-state index contributed by atoms with van der Waals surface area (Å²) in [5, 5.41) is 2.82. The zero-order valence-corrected chi connectivity index (χ0v) is 8.77. The SMILES string of the molecule is FC(F)(F)Nc1nc(-c2ccccc2)cs1. The maximum atomic E-state index is 12.0. The minimum atomic E-state index is -4.44. The molecule has 0 bridgehead atoms. The highest BCUT2D eigenvalue weighted by Gasteiger charge is 2.28. The molecule has 2 nitrogen and oxygen atoms in total. The maximum Gasteiger partial charge on any atom is 0.484 e. The number of nitrogens with zero attached hydrogens (tertiary/aromatic N) is 1. The Labute approximate surface area is 93.8 Å². The van der Waals surface area contributed by atoms with Crippen LogP contribution in [0, 0.1) is 0 Å². The Balaban J connectivity index is 2.21. The van der Waals surface area contributed by atoms with E-state index in [0.29, 0.717) is 5.69 Å². The average Bonchev–Trinajstić information content (AvgIpc) is 2.65. The van der Waals surface area contributed by atoms with Gasteiger partial charge < -0.3 is 0 Å². The molecule has 0 fully saturated rings. The van der Waals surface area contributed by atoms with Crippen molar-refractivity contribution in [3.8, 4) is 11.3 Å². The van der Waals surface area contributed by atoms with Crippen LogP contribution in [0.1, 0.15) is 0 Å². The lowest BCUT2D eigenvalue weighted by atomic mass is 10.2.